The Kier molecular flexibility index (Phi) is 5.30. The molecular weight excluding hydrogens is 295 g/mol. The van der Waals surface area contributed by atoms with Crippen molar-refractivity contribution in [2.24, 2.45) is 5.41 Å². The quantitative estimate of drug-likeness (QED) is 0.859. The van der Waals surface area contributed by atoms with E-state index in [1.165, 1.54) is 25.7 Å². The minimum absolute atomic E-state index is 0.124. The van der Waals surface area contributed by atoms with Crippen molar-refractivity contribution < 1.29 is 4.79 Å². The molecule has 1 amide bonds. The monoisotopic (exact) mass is 314 g/mol. The van der Waals surface area contributed by atoms with Gasteiger partial charge >= 0.3 is 0 Å². The standard InChI is InChI=1S/C15H20Cl2N2O/c1-15(7-2-3-8-15)10-18-9-13(20)19-14-11(16)5-4-6-12(14)17/h4-6,18H,2-3,7-10H2,1H3,(H,19,20). The molecule has 1 saturated carbocycles. The first-order valence-corrected chi connectivity index (χ1v) is 7.70. The summed E-state index contributed by atoms with van der Waals surface area (Å²) >= 11 is 12.0. The van der Waals surface area contributed by atoms with E-state index in [4.69, 9.17) is 23.2 Å². The number of nitrogens with one attached hydrogen (secondary N) is 2. The largest absolute Gasteiger partial charge is 0.322 e. The predicted molar refractivity (Wildman–Crippen MR) is 84.5 cm³/mol. The average Bonchev–Trinajstić information content (AvgIpc) is 2.81. The van der Waals surface area contributed by atoms with Crippen LogP contribution in [0.4, 0.5) is 5.69 Å². The lowest BCUT2D eigenvalue weighted by molar-refractivity contribution is -0.115. The van der Waals surface area contributed by atoms with Crippen molar-refractivity contribution in [3.63, 3.8) is 0 Å². The number of para-hydroxylation sites is 1. The molecule has 0 unspecified atom stereocenters. The molecule has 1 aromatic rings. The van der Waals surface area contributed by atoms with Crippen LogP contribution < -0.4 is 10.6 Å². The first kappa shape index (κ1) is 15.6. The van der Waals surface area contributed by atoms with Gasteiger partial charge in [0.15, 0.2) is 0 Å². The molecule has 1 aromatic carbocycles. The molecule has 1 aliphatic rings. The number of benzene rings is 1. The van der Waals surface area contributed by atoms with Crippen LogP contribution in [-0.4, -0.2) is 19.0 Å². The summed E-state index contributed by atoms with van der Waals surface area (Å²) in [5.41, 5.74) is 0.817. The van der Waals surface area contributed by atoms with Crippen LogP contribution in [0.15, 0.2) is 18.2 Å². The van der Waals surface area contributed by atoms with Gasteiger partial charge in [-0.15, -0.1) is 0 Å². The molecule has 0 atom stereocenters. The summed E-state index contributed by atoms with van der Waals surface area (Å²) in [6, 6.07) is 5.16. The predicted octanol–water partition coefficient (Wildman–Crippen LogP) is 4.10. The number of anilines is 1. The molecule has 2 rings (SSSR count). The molecule has 0 spiro atoms. The van der Waals surface area contributed by atoms with E-state index in [2.05, 4.69) is 17.6 Å². The van der Waals surface area contributed by atoms with Gasteiger partial charge in [-0.05, 0) is 30.4 Å². The normalized spacial score (nSPS) is 17.1. The van der Waals surface area contributed by atoms with Crippen molar-refractivity contribution in [2.75, 3.05) is 18.4 Å². The zero-order valence-electron chi connectivity index (χ0n) is 11.6. The number of carbonyl (C=O) groups is 1. The summed E-state index contributed by atoms with van der Waals surface area (Å²) < 4.78 is 0. The molecule has 5 heteroatoms. The topological polar surface area (TPSA) is 41.1 Å². The molecule has 0 aliphatic heterocycles. The number of amides is 1. The molecule has 0 saturated heterocycles. The Hall–Kier alpha value is -0.770. The van der Waals surface area contributed by atoms with Crippen LogP contribution in [0.5, 0.6) is 0 Å². The zero-order chi connectivity index (χ0) is 14.6. The van der Waals surface area contributed by atoms with Gasteiger partial charge in [-0.1, -0.05) is 49.0 Å². The van der Waals surface area contributed by atoms with E-state index in [-0.39, 0.29) is 12.5 Å². The maximum Gasteiger partial charge on any atom is 0.238 e. The highest BCUT2D eigenvalue weighted by Gasteiger charge is 2.28. The lowest BCUT2D eigenvalue weighted by Gasteiger charge is -2.23. The SMILES string of the molecule is CC1(CNCC(=O)Nc2c(Cl)cccc2Cl)CCCC1. The van der Waals surface area contributed by atoms with E-state index in [0.29, 0.717) is 21.1 Å². The minimum Gasteiger partial charge on any atom is -0.322 e. The first-order valence-electron chi connectivity index (χ1n) is 6.95. The molecule has 20 heavy (non-hydrogen) atoms. The Morgan fingerprint density at radius 2 is 1.85 bits per heavy atom. The van der Waals surface area contributed by atoms with E-state index < -0.39 is 0 Å². The Morgan fingerprint density at radius 3 is 2.45 bits per heavy atom. The molecule has 0 radical (unpaired) electrons. The van der Waals surface area contributed by atoms with Gasteiger partial charge in [-0.3, -0.25) is 4.79 Å². The van der Waals surface area contributed by atoms with E-state index in [1.54, 1.807) is 18.2 Å². The molecule has 1 fully saturated rings. The van der Waals surface area contributed by atoms with Crippen molar-refractivity contribution in [1.29, 1.82) is 0 Å². The number of carbonyl (C=O) groups excluding carboxylic acids is 1. The van der Waals surface area contributed by atoms with Gasteiger partial charge in [0.25, 0.3) is 0 Å². The molecule has 0 heterocycles. The van der Waals surface area contributed by atoms with Crippen LogP contribution in [0.1, 0.15) is 32.6 Å². The number of hydrogen-bond donors (Lipinski definition) is 2. The van der Waals surface area contributed by atoms with Crippen molar-refractivity contribution in [2.45, 2.75) is 32.6 Å². The molecule has 110 valence electrons. The zero-order valence-corrected chi connectivity index (χ0v) is 13.2. The van der Waals surface area contributed by atoms with Crippen LogP contribution in [0, 0.1) is 5.41 Å². The van der Waals surface area contributed by atoms with Crippen LogP contribution in [0.25, 0.3) is 0 Å². The lowest BCUT2D eigenvalue weighted by Crippen LogP contribution is -2.35. The van der Waals surface area contributed by atoms with Crippen LogP contribution in [0.2, 0.25) is 10.0 Å². The summed E-state index contributed by atoms with van der Waals surface area (Å²) in [4.78, 5) is 11.9. The van der Waals surface area contributed by atoms with Gasteiger partial charge in [0.1, 0.15) is 0 Å². The van der Waals surface area contributed by atoms with E-state index in [9.17, 15) is 4.79 Å². The highest BCUT2D eigenvalue weighted by molar-refractivity contribution is 6.39. The van der Waals surface area contributed by atoms with Gasteiger partial charge in [0.05, 0.1) is 22.3 Å². The van der Waals surface area contributed by atoms with Gasteiger partial charge < -0.3 is 10.6 Å². The summed E-state index contributed by atoms with van der Waals surface area (Å²) in [5.74, 6) is -0.124. The van der Waals surface area contributed by atoms with Gasteiger partial charge in [-0.2, -0.15) is 0 Å². The summed E-state index contributed by atoms with van der Waals surface area (Å²) in [6.07, 6.45) is 5.05. The average molecular weight is 315 g/mol. The maximum atomic E-state index is 11.9. The van der Waals surface area contributed by atoms with E-state index >= 15 is 0 Å². The molecule has 3 nitrogen and oxygen atoms in total. The van der Waals surface area contributed by atoms with Crippen LogP contribution in [0.3, 0.4) is 0 Å². The summed E-state index contributed by atoms with van der Waals surface area (Å²) in [7, 11) is 0. The smallest absolute Gasteiger partial charge is 0.238 e. The summed E-state index contributed by atoms with van der Waals surface area (Å²) in [6.45, 7) is 3.42. The highest BCUT2D eigenvalue weighted by atomic mass is 35.5. The maximum absolute atomic E-state index is 11.9. The molecule has 2 N–H and O–H groups in total. The first-order chi connectivity index (χ1) is 9.50. The molecule has 0 aromatic heterocycles. The molecular formula is C15H20Cl2N2O. The molecule has 0 bridgehead atoms. The second-order valence-electron chi connectivity index (χ2n) is 5.77. The minimum atomic E-state index is -0.124. The Balaban J connectivity index is 1.81. The van der Waals surface area contributed by atoms with Crippen molar-refractivity contribution >= 4 is 34.8 Å². The number of halogens is 2. The van der Waals surface area contributed by atoms with Crippen molar-refractivity contribution in [3.05, 3.63) is 28.2 Å². The Bertz CT molecular complexity index is 465. The van der Waals surface area contributed by atoms with Crippen LogP contribution >= 0.6 is 23.2 Å². The fourth-order valence-electron chi connectivity index (χ4n) is 2.68. The molecule has 1 aliphatic carbocycles. The van der Waals surface area contributed by atoms with Crippen molar-refractivity contribution in [1.82, 2.24) is 5.32 Å². The second-order valence-corrected chi connectivity index (χ2v) is 6.58. The fraction of sp³-hybridized carbons (Fsp3) is 0.533. The number of hydrogen-bond acceptors (Lipinski definition) is 2. The fourth-order valence-corrected chi connectivity index (χ4v) is 3.18. The Morgan fingerprint density at radius 1 is 1.25 bits per heavy atom. The van der Waals surface area contributed by atoms with E-state index in [1.807, 2.05) is 0 Å². The van der Waals surface area contributed by atoms with Gasteiger partial charge in [-0.25, -0.2) is 0 Å². The lowest BCUT2D eigenvalue weighted by atomic mass is 9.89. The van der Waals surface area contributed by atoms with Gasteiger partial charge in [0, 0.05) is 6.54 Å². The number of rotatable bonds is 5. The second kappa shape index (κ2) is 6.79. The Labute approximate surface area is 130 Å². The third kappa shape index (κ3) is 4.11. The third-order valence-corrected chi connectivity index (χ3v) is 4.51. The third-order valence-electron chi connectivity index (χ3n) is 3.88. The summed E-state index contributed by atoms with van der Waals surface area (Å²) in [5, 5.41) is 6.88. The van der Waals surface area contributed by atoms with Gasteiger partial charge in [0.2, 0.25) is 5.91 Å². The van der Waals surface area contributed by atoms with E-state index in [0.717, 1.165) is 6.54 Å². The van der Waals surface area contributed by atoms with Crippen molar-refractivity contribution in [3.8, 4) is 0 Å². The van der Waals surface area contributed by atoms with Crippen LogP contribution in [-0.2, 0) is 4.79 Å². The highest BCUT2D eigenvalue weighted by Crippen LogP contribution is 2.36.